The van der Waals surface area contributed by atoms with E-state index in [4.69, 9.17) is 4.74 Å². The van der Waals surface area contributed by atoms with E-state index in [2.05, 4.69) is 25.2 Å². The smallest absolute Gasteiger partial charge is 0.237 e. The maximum absolute atomic E-state index is 12.3. The number of carbonyl (C=O) groups excluding carboxylic acids is 2. The monoisotopic (exact) mass is 385 g/mol. The van der Waals surface area contributed by atoms with Crippen molar-refractivity contribution in [2.45, 2.75) is 39.4 Å². The van der Waals surface area contributed by atoms with E-state index in [1.54, 1.807) is 36.0 Å². The molecule has 0 bridgehead atoms. The molecule has 4 nitrogen and oxygen atoms in total. The predicted octanol–water partition coefficient (Wildman–Crippen LogP) is 5.04. The standard InChI is InChI=1S/C22H27NO3S/c1-15-12-16(2)14-21(13-15)26-10-5-11-27-18(4)22(25)23-20-8-6-19(7-9-20)17(3)24/h6-9,12-14,18H,5,10-11H2,1-4H3,(H,23,25). The van der Waals surface area contributed by atoms with Crippen LogP contribution >= 0.6 is 11.8 Å². The largest absolute Gasteiger partial charge is 0.494 e. The maximum atomic E-state index is 12.3. The summed E-state index contributed by atoms with van der Waals surface area (Å²) in [6, 6.07) is 13.1. The number of carbonyl (C=O) groups is 2. The van der Waals surface area contributed by atoms with Crippen LogP contribution in [0, 0.1) is 13.8 Å². The molecule has 5 heteroatoms. The van der Waals surface area contributed by atoms with Crippen molar-refractivity contribution < 1.29 is 14.3 Å². The zero-order valence-corrected chi connectivity index (χ0v) is 17.2. The molecule has 1 unspecified atom stereocenters. The number of ether oxygens (including phenoxy) is 1. The first kappa shape index (κ1) is 21.0. The first-order chi connectivity index (χ1) is 12.8. The number of hydrogen-bond donors (Lipinski definition) is 1. The summed E-state index contributed by atoms with van der Waals surface area (Å²) >= 11 is 1.61. The van der Waals surface area contributed by atoms with E-state index in [1.807, 2.05) is 19.1 Å². The van der Waals surface area contributed by atoms with Crippen molar-refractivity contribution in [1.29, 1.82) is 0 Å². The van der Waals surface area contributed by atoms with Gasteiger partial charge in [0, 0.05) is 11.3 Å². The summed E-state index contributed by atoms with van der Waals surface area (Å²) in [6.07, 6.45) is 0.878. The molecule has 1 amide bonds. The molecular weight excluding hydrogens is 358 g/mol. The first-order valence-electron chi connectivity index (χ1n) is 9.09. The molecule has 144 valence electrons. The van der Waals surface area contributed by atoms with Crippen LogP contribution in [0.25, 0.3) is 0 Å². The van der Waals surface area contributed by atoms with Gasteiger partial charge in [0.15, 0.2) is 5.78 Å². The lowest BCUT2D eigenvalue weighted by Crippen LogP contribution is -2.23. The van der Waals surface area contributed by atoms with Gasteiger partial charge in [0.05, 0.1) is 11.9 Å². The zero-order chi connectivity index (χ0) is 19.8. The SMILES string of the molecule is CC(=O)c1ccc(NC(=O)C(C)SCCCOc2cc(C)cc(C)c2)cc1. The van der Waals surface area contributed by atoms with Gasteiger partial charge >= 0.3 is 0 Å². The van der Waals surface area contributed by atoms with Crippen LogP contribution in [0.1, 0.15) is 41.8 Å². The molecule has 0 saturated carbocycles. The molecule has 0 radical (unpaired) electrons. The van der Waals surface area contributed by atoms with Gasteiger partial charge in [-0.2, -0.15) is 0 Å². The van der Waals surface area contributed by atoms with Crippen LogP contribution < -0.4 is 10.1 Å². The Kier molecular flexibility index (Phi) is 7.92. The molecule has 0 heterocycles. The summed E-state index contributed by atoms with van der Waals surface area (Å²) in [5.74, 6) is 1.73. The van der Waals surface area contributed by atoms with Gasteiger partial charge in [-0.1, -0.05) is 6.07 Å². The average Bonchev–Trinajstić information content (AvgIpc) is 2.60. The molecule has 0 aliphatic heterocycles. The van der Waals surface area contributed by atoms with Gasteiger partial charge in [0.25, 0.3) is 0 Å². The number of aryl methyl sites for hydroxylation is 2. The molecule has 2 aromatic carbocycles. The highest BCUT2D eigenvalue weighted by Crippen LogP contribution is 2.18. The molecule has 0 aliphatic carbocycles. The van der Waals surface area contributed by atoms with Crippen molar-refractivity contribution in [2.24, 2.45) is 0 Å². The Hall–Kier alpha value is -2.27. The van der Waals surface area contributed by atoms with Crippen LogP contribution in [0.4, 0.5) is 5.69 Å². The third kappa shape index (κ3) is 7.10. The maximum Gasteiger partial charge on any atom is 0.237 e. The van der Waals surface area contributed by atoms with Crippen molar-refractivity contribution in [3.05, 3.63) is 59.2 Å². The van der Waals surface area contributed by atoms with Crippen molar-refractivity contribution in [2.75, 3.05) is 17.7 Å². The number of rotatable bonds is 9. The Labute approximate surface area is 165 Å². The number of nitrogens with one attached hydrogen (secondary N) is 1. The van der Waals surface area contributed by atoms with Gasteiger partial charge in [0.1, 0.15) is 5.75 Å². The number of thioether (sulfide) groups is 1. The number of benzene rings is 2. The van der Waals surface area contributed by atoms with Crippen LogP contribution in [0.5, 0.6) is 5.75 Å². The van der Waals surface area contributed by atoms with Crippen LogP contribution in [0.2, 0.25) is 0 Å². The second-order valence-electron chi connectivity index (χ2n) is 6.66. The van der Waals surface area contributed by atoms with E-state index >= 15 is 0 Å². The second kappa shape index (κ2) is 10.2. The molecule has 27 heavy (non-hydrogen) atoms. The van der Waals surface area contributed by atoms with E-state index in [0.717, 1.165) is 17.9 Å². The number of anilines is 1. The fourth-order valence-corrected chi connectivity index (χ4v) is 3.48. The van der Waals surface area contributed by atoms with Gasteiger partial charge in [-0.3, -0.25) is 9.59 Å². The van der Waals surface area contributed by atoms with E-state index in [0.29, 0.717) is 17.9 Å². The van der Waals surface area contributed by atoms with Crippen molar-refractivity contribution in [1.82, 2.24) is 0 Å². The lowest BCUT2D eigenvalue weighted by molar-refractivity contribution is -0.115. The molecule has 1 atom stereocenters. The van der Waals surface area contributed by atoms with E-state index in [-0.39, 0.29) is 16.9 Å². The highest BCUT2D eigenvalue weighted by Gasteiger charge is 2.13. The minimum absolute atomic E-state index is 0.0137. The fraction of sp³-hybridized carbons (Fsp3) is 0.364. The fourth-order valence-electron chi connectivity index (χ4n) is 2.63. The quantitative estimate of drug-likeness (QED) is 0.485. The molecule has 0 aliphatic rings. The lowest BCUT2D eigenvalue weighted by atomic mass is 10.1. The van der Waals surface area contributed by atoms with Gasteiger partial charge in [-0.05, 0) is 87.4 Å². The van der Waals surface area contributed by atoms with E-state index < -0.39 is 0 Å². The molecule has 2 rings (SSSR count). The van der Waals surface area contributed by atoms with Crippen molar-refractivity contribution in [3.63, 3.8) is 0 Å². The lowest BCUT2D eigenvalue weighted by Gasteiger charge is -2.13. The third-order valence-corrected chi connectivity index (χ3v) is 5.29. The van der Waals surface area contributed by atoms with Gasteiger partial charge in [-0.15, -0.1) is 11.8 Å². The van der Waals surface area contributed by atoms with Crippen LogP contribution in [0.15, 0.2) is 42.5 Å². The summed E-state index contributed by atoms with van der Waals surface area (Å²) in [4.78, 5) is 23.5. The summed E-state index contributed by atoms with van der Waals surface area (Å²) in [6.45, 7) is 8.18. The Balaban J connectivity index is 1.69. The normalized spacial score (nSPS) is 11.7. The Bertz CT molecular complexity index is 766. The number of Topliss-reactive ketones (excluding diaryl/α,β-unsaturated/α-hetero) is 1. The summed E-state index contributed by atoms with van der Waals surface area (Å²) in [7, 11) is 0. The molecule has 0 aromatic heterocycles. The van der Waals surface area contributed by atoms with E-state index in [1.165, 1.54) is 18.1 Å². The molecule has 0 spiro atoms. The molecular formula is C22H27NO3S. The van der Waals surface area contributed by atoms with Crippen molar-refractivity contribution in [3.8, 4) is 5.75 Å². The minimum Gasteiger partial charge on any atom is -0.494 e. The zero-order valence-electron chi connectivity index (χ0n) is 16.4. The van der Waals surface area contributed by atoms with Gasteiger partial charge in [-0.25, -0.2) is 0 Å². The van der Waals surface area contributed by atoms with Crippen LogP contribution in [-0.2, 0) is 4.79 Å². The Morgan fingerprint density at radius 1 is 1.07 bits per heavy atom. The highest BCUT2D eigenvalue weighted by atomic mass is 32.2. The highest BCUT2D eigenvalue weighted by molar-refractivity contribution is 8.00. The molecule has 1 N–H and O–H groups in total. The summed E-state index contributed by atoms with van der Waals surface area (Å²) < 4.78 is 5.79. The number of ketones is 1. The van der Waals surface area contributed by atoms with Crippen molar-refractivity contribution >= 4 is 29.1 Å². The third-order valence-electron chi connectivity index (χ3n) is 4.05. The average molecular weight is 386 g/mol. The molecule has 0 fully saturated rings. The second-order valence-corrected chi connectivity index (χ2v) is 8.11. The van der Waals surface area contributed by atoms with Crippen LogP contribution in [0.3, 0.4) is 0 Å². The number of amides is 1. The summed E-state index contributed by atoms with van der Waals surface area (Å²) in [5, 5.41) is 2.73. The summed E-state index contributed by atoms with van der Waals surface area (Å²) in [5.41, 5.74) is 3.73. The van der Waals surface area contributed by atoms with Gasteiger partial charge < -0.3 is 10.1 Å². The van der Waals surface area contributed by atoms with E-state index in [9.17, 15) is 9.59 Å². The first-order valence-corrected chi connectivity index (χ1v) is 10.1. The topological polar surface area (TPSA) is 55.4 Å². The molecule has 2 aromatic rings. The Morgan fingerprint density at radius 3 is 2.30 bits per heavy atom. The minimum atomic E-state index is -0.154. The van der Waals surface area contributed by atoms with Gasteiger partial charge in [0.2, 0.25) is 5.91 Å². The number of hydrogen-bond acceptors (Lipinski definition) is 4. The predicted molar refractivity (Wildman–Crippen MR) is 113 cm³/mol. The Morgan fingerprint density at radius 2 is 1.70 bits per heavy atom. The van der Waals surface area contributed by atoms with Crippen LogP contribution in [-0.4, -0.2) is 29.3 Å². The molecule has 0 saturated heterocycles.